The Morgan fingerprint density at radius 3 is 2.71 bits per heavy atom. The van der Waals surface area contributed by atoms with E-state index >= 15 is 0 Å². The minimum Gasteiger partial charge on any atom is -0.497 e. The van der Waals surface area contributed by atoms with Crippen molar-refractivity contribution in [3.63, 3.8) is 0 Å². The van der Waals surface area contributed by atoms with Crippen LogP contribution in [0.15, 0.2) is 42.6 Å². The van der Waals surface area contributed by atoms with Gasteiger partial charge in [-0.15, -0.1) is 0 Å². The Morgan fingerprint density at radius 2 is 1.97 bits per heavy atom. The summed E-state index contributed by atoms with van der Waals surface area (Å²) in [6.07, 6.45) is 1.63. The molecule has 0 bridgehead atoms. The van der Waals surface area contributed by atoms with Crippen LogP contribution < -0.4 is 14.8 Å². The molecule has 0 unspecified atom stereocenters. The number of hydrogen-bond acceptors (Lipinski definition) is 6. The second-order valence-electron chi connectivity index (χ2n) is 7.14. The zero-order valence-corrected chi connectivity index (χ0v) is 18.2. The number of methoxy groups -OCH3 is 2. The first-order chi connectivity index (χ1) is 15.1. The third-order valence-corrected chi connectivity index (χ3v) is 5.54. The van der Waals surface area contributed by atoms with Crippen molar-refractivity contribution in [2.24, 2.45) is 0 Å². The molecule has 2 heterocycles. The second kappa shape index (κ2) is 9.41. The highest BCUT2D eigenvalue weighted by molar-refractivity contribution is 6.31. The molecule has 0 aliphatic carbocycles. The van der Waals surface area contributed by atoms with E-state index in [1.165, 1.54) is 0 Å². The van der Waals surface area contributed by atoms with E-state index in [-0.39, 0.29) is 5.91 Å². The van der Waals surface area contributed by atoms with E-state index in [0.29, 0.717) is 60.6 Å². The van der Waals surface area contributed by atoms with E-state index in [2.05, 4.69) is 10.3 Å². The third kappa shape index (κ3) is 4.52. The molecule has 1 N–H and O–H groups in total. The summed E-state index contributed by atoms with van der Waals surface area (Å²) in [6, 6.07) is 11.1. The van der Waals surface area contributed by atoms with Gasteiger partial charge in [0.1, 0.15) is 11.5 Å². The van der Waals surface area contributed by atoms with Gasteiger partial charge < -0.3 is 24.4 Å². The van der Waals surface area contributed by atoms with Crippen LogP contribution in [0.2, 0.25) is 5.02 Å². The molecule has 7 nitrogen and oxygen atoms in total. The number of aromatic nitrogens is 1. The van der Waals surface area contributed by atoms with Gasteiger partial charge in [0.2, 0.25) is 0 Å². The fraction of sp³-hybridized carbons (Fsp3) is 0.304. The smallest absolute Gasteiger partial charge is 0.257 e. The molecular weight excluding hydrogens is 418 g/mol. The number of rotatable bonds is 6. The first-order valence-corrected chi connectivity index (χ1v) is 10.4. The minimum atomic E-state index is -0.0816. The highest BCUT2D eigenvalue weighted by Gasteiger charge is 2.23. The number of nitrogens with zero attached hydrogens (tertiary/aromatic N) is 2. The van der Waals surface area contributed by atoms with Gasteiger partial charge in [-0.3, -0.25) is 9.78 Å². The molecule has 3 aromatic rings. The van der Waals surface area contributed by atoms with Crippen LogP contribution in [0.4, 0.5) is 5.69 Å². The molecule has 0 radical (unpaired) electrons. The number of nitrogens with one attached hydrogen (secondary N) is 1. The van der Waals surface area contributed by atoms with Crippen LogP contribution in [0.1, 0.15) is 15.9 Å². The number of carbonyl (C=O) groups is 1. The van der Waals surface area contributed by atoms with Crippen molar-refractivity contribution in [3.05, 3.63) is 58.7 Å². The van der Waals surface area contributed by atoms with Crippen molar-refractivity contribution >= 4 is 34.1 Å². The van der Waals surface area contributed by atoms with Gasteiger partial charge in [-0.2, -0.15) is 0 Å². The van der Waals surface area contributed by atoms with Gasteiger partial charge in [-0.25, -0.2) is 0 Å². The summed E-state index contributed by atoms with van der Waals surface area (Å²) in [5, 5.41) is 4.80. The van der Waals surface area contributed by atoms with Gasteiger partial charge >= 0.3 is 0 Å². The van der Waals surface area contributed by atoms with E-state index in [4.69, 9.17) is 25.8 Å². The van der Waals surface area contributed by atoms with Gasteiger partial charge in [0.15, 0.2) is 0 Å². The Balaban J connectivity index is 1.72. The number of carbonyl (C=O) groups excluding carboxylic acids is 1. The summed E-state index contributed by atoms with van der Waals surface area (Å²) in [5.41, 5.74) is 2.89. The minimum absolute atomic E-state index is 0.0816. The van der Waals surface area contributed by atoms with Gasteiger partial charge in [0.25, 0.3) is 5.91 Å². The third-order valence-electron chi connectivity index (χ3n) is 5.31. The number of pyridine rings is 1. The standard InChI is InChI=1S/C23H24ClN3O4/c1-29-17-5-3-15(21(12-17)30-2)13-26-22-18-11-16(24)4-6-20(18)25-14-19(22)23(28)27-7-9-31-10-8-27/h3-6,11-12,14H,7-10,13H2,1-2H3,(H,25,26). The lowest BCUT2D eigenvalue weighted by Gasteiger charge is -2.28. The summed E-state index contributed by atoms with van der Waals surface area (Å²) in [6.45, 7) is 2.62. The number of hydrogen-bond donors (Lipinski definition) is 1. The van der Waals surface area contributed by atoms with E-state index in [9.17, 15) is 4.79 Å². The Kier molecular flexibility index (Phi) is 6.44. The van der Waals surface area contributed by atoms with Crippen LogP contribution in [0.5, 0.6) is 11.5 Å². The molecule has 0 atom stereocenters. The van der Waals surface area contributed by atoms with Crippen LogP contribution in [0, 0.1) is 0 Å². The van der Waals surface area contributed by atoms with E-state index in [0.717, 1.165) is 16.5 Å². The summed E-state index contributed by atoms with van der Waals surface area (Å²) in [5.74, 6) is 1.33. The first kappa shape index (κ1) is 21.2. The molecule has 1 saturated heterocycles. The molecule has 1 aliphatic rings. The van der Waals surface area contributed by atoms with Gasteiger partial charge in [0, 0.05) is 47.9 Å². The fourth-order valence-corrected chi connectivity index (χ4v) is 3.81. The Labute approximate surface area is 185 Å². The van der Waals surface area contributed by atoms with Crippen LogP contribution >= 0.6 is 11.6 Å². The number of anilines is 1. The summed E-state index contributed by atoms with van der Waals surface area (Å²) in [7, 11) is 3.23. The Hall–Kier alpha value is -3.03. The zero-order chi connectivity index (χ0) is 21.8. The van der Waals surface area contributed by atoms with Crippen molar-refractivity contribution < 1.29 is 19.0 Å². The molecule has 2 aromatic carbocycles. The first-order valence-electron chi connectivity index (χ1n) is 10.0. The lowest BCUT2D eigenvalue weighted by atomic mass is 10.1. The molecule has 1 fully saturated rings. The number of amides is 1. The van der Waals surface area contributed by atoms with Gasteiger partial charge in [-0.05, 0) is 30.3 Å². The molecule has 0 spiro atoms. The number of fused-ring (bicyclic) bond motifs is 1. The predicted octanol–water partition coefficient (Wildman–Crippen LogP) is 3.99. The number of ether oxygens (including phenoxy) is 3. The van der Waals surface area contributed by atoms with Crippen molar-refractivity contribution in [1.29, 1.82) is 0 Å². The summed E-state index contributed by atoms with van der Waals surface area (Å²) >= 11 is 6.27. The fourth-order valence-electron chi connectivity index (χ4n) is 3.64. The van der Waals surface area contributed by atoms with Crippen LogP contribution in [0.3, 0.4) is 0 Å². The van der Waals surface area contributed by atoms with Crippen molar-refractivity contribution in [3.8, 4) is 11.5 Å². The summed E-state index contributed by atoms with van der Waals surface area (Å²) in [4.78, 5) is 19.6. The molecule has 4 rings (SSSR count). The maximum atomic E-state index is 13.3. The average Bonchev–Trinajstić information content (AvgIpc) is 2.82. The van der Waals surface area contributed by atoms with Crippen LogP contribution in [0.25, 0.3) is 10.9 Å². The lowest BCUT2D eigenvalue weighted by molar-refractivity contribution is 0.0303. The molecule has 1 amide bonds. The quantitative estimate of drug-likeness (QED) is 0.623. The number of morpholine rings is 1. The lowest BCUT2D eigenvalue weighted by Crippen LogP contribution is -2.41. The normalized spacial score (nSPS) is 13.8. The van der Waals surface area contributed by atoms with Crippen molar-refractivity contribution in [1.82, 2.24) is 9.88 Å². The average molecular weight is 442 g/mol. The van der Waals surface area contributed by atoms with E-state index in [1.54, 1.807) is 31.4 Å². The predicted molar refractivity (Wildman–Crippen MR) is 120 cm³/mol. The molecule has 0 saturated carbocycles. The topological polar surface area (TPSA) is 72.9 Å². The van der Waals surface area contributed by atoms with E-state index in [1.807, 2.05) is 30.3 Å². The molecule has 1 aromatic heterocycles. The Morgan fingerprint density at radius 1 is 1.16 bits per heavy atom. The van der Waals surface area contributed by atoms with Gasteiger partial charge in [0.05, 0.1) is 44.2 Å². The maximum Gasteiger partial charge on any atom is 0.257 e. The van der Waals surface area contributed by atoms with Crippen molar-refractivity contribution in [2.45, 2.75) is 6.54 Å². The maximum absolute atomic E-state index is 13.3. The summed E-state index contributed by atoms with van der Waals surface area (Å²) < 4.78 is 16.2. The van der Waals surface area contributed by atoms with Gasteiger partial charge in [-0.1, -0.05) is 11.6 Å². The second-order valence-corrected chi connectivity index (χ2v) is 7.58. The molecule has 31 heavy (non-hydrogen) atoms. The van der Waals surface area contributed by atoms with Crippen LogP contribution in [-0.2, 0) is 11.3 Å². The number of halogens is 1. The Bertz CT molecular complexity index is 1100. The molecular formula is C23H24ClN3O4. The highest BCUT2D eigenvalue weighted by Crippen LogP contribution is 2.31. The molecule has 1 aliphatic heterocycles. The SMILES string of the molecule is COc1ccc(CNc2c(C(=O)N3CCOCC3)cnc3ccc(Cl)cc23)c(OC)c1. The van der Waals surface area contributed by atoms with Crippen LogP contribution in [-0.4, -0.2) is 56.3 Å². The van der Waals surface area contributed by atoms with E-state index < -0.39 is 0 Å². The van der Waals surface area contributed by atoms with Crippen molar-refractivity contribution in [2.75, 3.05) is 45.8 Å². The monoisotopic (exact) mass is 441 g/mol. The molecule has 162 valence electrons. The highest BCUT2D eigenvalue weighted by atomic mass is 35.5. The molecule has 8 heteroatoms. The number of benzene rings is 2. The largest absolute Gasteiger partial charge is 0.497 e. The zero-order valence-electron chi connectivity index (χ0n) is 17.5.